The van der Waals surface area contributed by atoms with E-state index in [1.807, 2.05) is 0 Å². The Hall–Kier alpha value is -1.21. The lowest BCUT2D eigenvalue weighted by atomic mass is 9.96. The fourth-order valence-electron chi connectivity index (χ4n) is 3.68. The van der Waals surface area contributed by atoms with Gasteiger partial charge in [-0.1, -0.05) is 5.16 Å². The van der Waals surface area contributed by atoms with E-state index in [1.165, 1.54) is 4.31 Å². The van der Waals surface area contributed by atoms with E-state index in [9.17, 15) is 13.2 Å². The van der Waals surface area contributed by atoms with Crippen LogP contribution in [0.2, 0.25) is 0 Å². The van der Waals surface area contributed by atoms with Crippen LogP contribution in [0, 0.1) is 19.8 Å². The molecule has 1 saturated carbocycles. The third-order valence-electron chi connectivity index (χ3n) is 4.60. The molecule has 2 unspecified atom stereocenters. The first kappa shape index (κ1) is 14.7. The maximum Gasteiger partial charge on any atom is 0.248 e. The summed E-state index contributed by atoms with van der Waals surface area (Å²) in [5, 5.41) is 3.74. The van der Waals surface area contributed by atoms with Crippen molar-refractivity contribution in [3.05, 3.63) is 11.5 Å². The van der Waals surface area contributed by atoms with Gasteiger partial charge in [-0.3, -0.25) is 4.79 Å². The number of Topliss-reactive ketones (excluding diaryl/α,β-unsaturated/α-hetero) is 1. The Morgan fingerprint density at radius 3 is 2.57 bits per heavy atom. The number of ketones is 1. The molecule has 2 atom stereocenters. The molecule has 0 aromatic carbocycles. The number of carbonyl (C=O) groups is 1. The molecule has 0 bridgehead atoms. The normalized spacial score (nSPS) is 27.6. The molecule has 0 radical (unpaired) electrons. The minimum Gasteiger partial charge on any atom is -0.360 e. The standard InChI is InChI=1S/C14H20N2O4S/c1-9-14(10(2)20-15-9)21(18,19)16-8-4-6-12(16)11-5-3-7-13(11)17/h11-12H,3-8H2,1-2H3. The SMILES string of the molecule is Cc1noc(C)c1S(=O)(=O)N1CCCC1C1CCCC1=O. The van der Waals surface area contributed by atoms with Crippen molar-refractivity contribution in [2.45, 2.75) is 56.9 Å². The Bertz CT molecular complexity index is 645. The number of aryl methyl sites for hydroxylation is 2. The predicted molar refractivity (Wildman–Crippen MR) is 75.2 cm³/mol. The fraction of sp³-hybridized carbons (Fsp3) is 0.714. The second kappa shape index (κ2) is 5.21. The van der Waals surface area contributed by atoms with Gasteiger partial charge in [0.15, 0.2) is 5.76 Å². The number of nitrogens with zero attached hydrogens (tertiary/aromatic N) is 2. The highest BCUT2D eigenvalue weighted by molar-refractivity contribution is 7.89. The maximum atomic E-state index is 12.9. The van der Waals surface area contributed by atoms with E-state index in [-0.39, 0.29) is 22.6 Å². The van der Waals surface area contributed by atoms with Gasteiger partial charge in [-0.05, 0) is 39.5 Å². The van der Waals surface area contributed by atoms with Crippen molar-refractivity contribution in [3.63, 3.8) is 0 Å². The van der Waals surface area contributed by atoms with Crippen molar-refractivity contribution >= 4 is 15.8 Å². The lowest BCUT2D eigenvalue weighted by Crippen LogP contribution is -2.41. The first-order valence-electron chi connectivity index (χ1n) is 7.40. The molecule has 116 valence electrons. The summed E-state index contributed by atoms with van der Waals surface area (Å²) in [6.07, 6.45) is 3.83. The van der Waals surface area contributed by atoms with E-state index >= 15 is 0 Å². The van der Waals surface area contributed by atoms with Gasteiger partial charge in [0, 0.05) is 24.9 Å². The van der Waals surface area contributed by atoms with E-state index in [0.717, 1.165) is 25.7 Å². The van der Waals surface area contributed by atoms with Gasteiger partial charge in [0.2, 0.25) is 10.0 Å². The highest BCUT2D eigenvalue weighted by Gasteiger charge is 2.44. The van der Waals surface area contributed by atoms with E-state index < -0.39 is 10.0 Å². The smallest absolute Gasteiger partial charge is 0.248 e. The van der Waals surface area contributed by atoms with Crippen LogP contribution in [0.4, 0.5) is 0 Å². The van der Waals surface area contributed by atoms with Crippen molar-refractivity contribution in [2.24, 2.45) is 5.92 Å². The summed E-state index contributed by atoms with van der Waals surface area (Å²) in [5.74, 6) is 0.388. The van der Waals surface area contributed by atoms with E-state index in [1.54, 1.807) is 13.8 Å². The molecule has 21 heavy (non-hydrogen) atoms. The van der Waals surface area contributed by atoms with Gasteiger partial charge in [0.25, 0.3) is 0 Å². The molecule has 1 aromatic rings. The van der Waals surface area contributed by atoms with Crippen LogP contribution in [-0.2, 0) is 14.8 Å². The Morgan fingerprint density at radius 2 is 2.00 bits per heavy atom. The van der Waals surface area contributed by atoms with Gasteiger partial charge in [-0.25, -0.2) is 8.42 Å². The van der Waals surface area contributed by atoms with Crippen molar-refractivity contribution < 1.29 is 17.7 Å². The van der Waals surface area contributed by atoms with E-state index in [2.05, 4.69) is 5.16 Å². The molecule has 0 amide bonds. The highest BCUT2D eigenvalue weighted by atomic mass is 32.2. The molecule has 0 spiro atoms. The van der Waals surface area contributed by atoms with Crippen LogP contribution in [0.1, 0.15) is 43.6 Å². The minimum atomic E-state index is -3.64. The lowest BCUT2D eigenvalue weighted by molar-refractivity contribution is -0.121. The monoisotopic (exact) mass is 312 g/mol. The minimum absolute atomic E-state index is 0.136. The van der Waals surface area contributed by atoms with Crippen LogP contribution in [0.15, 0.2) is 9.42 Å². The molecule has 1 aliphatic heterocycles. The zero-order valence-corrected chi connectivity index (χ0v) is 13.1. The Balaban J connectivity index is 1.96. The molecule has 6 nitrogen and oxygen atoms in total. The van der Waals surface area contributed by atoms with Crippen molar-refractivity contribution in [1.29, 1.82) is 0 Å². The largest absolute Gasteiger partial charge is 0.360 e. The highest BCUT2D eigenvalue weighted by Crippen LogP contribution is 2.37. The summed E-state index contributed by atoms with van der Waals surface area (Å²) in [4.78, 5) is 12.2. The van der Waals surface area contributed by atoms with Gasteiger partial charge in [-0.2, -0.15) is 4.31 Å². The Kier molecular flexibility index (Phi) is 3.65. The lowest BCUT2D eigenvalue weighted by Gasteiger charge is -2.27. The quantitative estimate of drug-likeness (QED) is 0.850. The summed E-state index contributed by atoms with van der Waals surface area (Å²) < 4.78 is 32.4. The van der Waals surface area contributed by atoms with Crippen molar-refractivity contribution in [2.75, 3.05) is 6.54 Å². The van der Waals surface area contributed by atoms with Crippen LogP contribution in [0.3, 0.4) is 0 Å². The first-order chi connectivity index (χ1) is 9.93. The molecule has 1 saturated heterocycles. The van der Waals surface area contributed by atoms with Crippen LogP contribution >= 0.6 is 0 Å². The molecule has 7 heteroatoms. The van der Waals surface area contributed by atoms with Crippen LogP contribution in [0.25, 0.3) is 0 Å². The summed E-state index contributed by atoms with van der Waals surface area (Å²) in [6, 6.07) is -0.196. The summed E-state index contributed by atoms with van der Waals surface area (Å²) in [5.41, 5.74) is 0.385. The number of sulfonamides is 1. The van der Waals surface area contributed by atoms with E-state index in [0.29, 0.717) is 24.4 Å². The Morgan fingerprint density at radius 1 is 1.24 bits per heavy atom. The van der Waals surface area contributed by atoms with Gasteiger partial charge in [-0.15, -0.1) is 0 Å². The summed E-state index contributed by atoms with van der Waals surface area (Å²) in [6.45, 7) is 3.72. The number of carbonyl (C=O) groups excluding carboxylic acids is 1. The molecule has 1 aliphatic carbocycles. The molecule has 3 rings (SSSR count). The number of rotatable bonds is 3. The zero-order chi connectivity index (χ0) is 15.2. The van der Waals surface area contributed by atoms with Crippen LogP contribution < -0.4 is 0 Å². The third kappa shape index (κ3) is 2.32. The first-order valence-corrected chi connectivity index (χ1v) is 8.84. The molecule has 2 heterocycles. The van der Waals surface area contributed by atoms with Crippen LogP contribution in [-0.4, -0.2) is 36.2 Å². The third-order valence-corrected chi connectivity index (χ3v) is 6.77. The summed E-state index contributed by atoms with van der Waals surface area (Å²) in [7, 11) is -3.64. The molecular formula is C14H20N2O4S. The van der Waals surface area contributed by atoms with Crippen molar-refractivity contribution in [3.8, 4) is 0 Å². The Labute approximate surface area is 124 Å². The second-order valence-electron chi connectivity index (χ2n) is 5.94. The average Bonchev–Trinajstić information content (AvgIpc) is 3.09. The second-order valence-corrected chi connectivity index (χ2v) is 7.77. The molecular weight excluding hydrogens is 292 g/mol. The number of aromatic nitrogens is 1. The van der Waals surface area contributed by atoms with Gasteiger partial charge < -0.3 is 4.52 Å². The predicted octanol–water partition coefficient (Wildman–Crippen LogP) is 1.81. The topological polar surface area (TPSA) is 80.5 Å². The maximum absolute atomic E-state index is 12.9. The number of hydrogen-bond acceptors (Lipinski definition) is 5. The molecule has 1 aromatic heterocycles. The molecule has 2 fully saturated rings. The van der Waals surface area contributed by atoms with Gasteiger partial charge >= 0.3 is 0 Å². The average molecular weight is 312 g/mol. The van der Waals surface area contributed by atoms with Gasteiger partial charge in [0.05, 0.1) is 0 Å². The summed E-state index contributed by atoms with van der Waals surface area (Å²) >= 11 is 0. The van der Waals surface area contributed by atoms with E-state index in [4.69, 9.17) is 4.52 Å². The van der Waals surface area contributed by atoms with Crippen LogP contribution in [0.5, 0.6) is 0 Å². The molecule has 2 aliphatic rings. The fourth-order valence-corrected chi connectivity index (χ4v) is 5.70. The number of hydrogen-bond donors (Lipinski definition) is 0. The van der Waals surface area contributed by atoms with Gasteiger partial charge in [0.1, 0.15) is 16.4 Å². The zero-order valence-electron chi connectivity index (χ0n) is 12.3. The molecule has 0 N–H and O–H groups in total. The van der Waals surface area contributed by atoms with Crippen molar-refractivity contribution in [1.82, 2.24) is 9.46 Å².